The van der Waals surface area contributed by atoms with Crippen LogP contribution in [0.5, 0.6) is 5.75 Å². The Kier molecular flexibility index (Phi) is 5.42. The number of primary amides is 1. The van der Waals surface area contributed by atoms with Crippen LogP contribution < -0.4 is 20.7 Å². The quantitative estimate of drug-likeness (QED) is 0.658. The Bertz CT molecular complexity index is 1170. The summed E-state index contributed by atoms with van der Waals surface area (Å²) in [6.45, 7) is 1.57. The number of amides is 1. The second kappa shape index (κ2) is 8.20. The van der Waals surface area contributed by atoms with Crippen LogP contribution in [0.3, 0.4) is 0 Å². The first-order valence-electron chi connectivity index (χ1n) is 9.64. The fraction of sp³-hybridized carbons (Fsp3) is 0.350. The Morgan fingerprint density at radius 1 is 1.41 bits per heavy atom. The van der Waals surface area contributed by atoms with Gasteiger partial charge in [-0.05, 0) is 19.1 Å². The molecule has 3 N–H and O–H groups in total. The van der Waals surface area contributed by atoms with Crippen molar-refractivity contribution in [2.24, 2.45) is 5.73 Å². The van der Waals surface area contributed by atoms with Crippen molar-refractivity contribution in [3.8, 4) is 23.2 Å². The molecule has 0 spiro atoms. The minimum atomic E-state index is -2.84. The number of aromatic nitrogens is 2. The van der Waals surface area contributed by atoms with Gasteiger partial charge in [-0.3, -0.25) is 9.69 Å². The van der Waals surface area contributed by atoms with E-state index in [0.29, 0.717) is 22.8 Å². The summed E-state index contributed by atoms with van der Waals surface area (Å²) in [4.78, 5) is 28.0. The molecule has 32 heavy (non-hydrogen) atoms. The average Bonchev–Trinajstić information content (AvgIpc) is 3.30. The lowest BCUT2D eigenvalue weighted by Gasteiger charge is -2.20. The molecule has 2 aliphatic rings. The van der Waals surface area contributed by atoms with Gasteiger partial charge in [0.25, 0.3) is 12.3 Å². The van der Waals surface area contributed by atoms with E-state index in [2.05, 4.69) is 10.3 Å². The zero-order chi connectivity index (χ0) is 23.0. The van der Waals surface area contributed by atoms with Crippen molar-refractivity contribution in [2.75, 3.05) is 23.4 Å². The highest BCUT2D eigenvalue weighted by atomic mass is 19.3. The van der Waals surface area contributed by atoms with Gasteiger partial charge in [-0.15, -0.1) is 0 Å². The maximum atomic E-state index is 13.6. The number of carbonyl (C=O) groups is 1. The van der Waals surface area contributed by atoms with Crippen molar-refractivity contribution >= 4 is 23.4 Å². The molecule has 4 rings (SSSR count). The number of fused-ring (bicyclic) bond motifs is 3. The summed E-state index contributed by atoms with van der Waals surface area (Å²) in [6.07, 6.45) is -2.84. The monoisotopic (exact) mass is 444 g/mol. The maximum Gasteiger partial charge on any atom is 0.284 e. The van der Waals surface area contributed by atoms with Gasteiger partial charge in [0, 0.05) is 11.8 Å². The van der Waals surface area contributed by atoms with Crippen molar-refractivity contribution in [1.82, 2.24) is 9.55 Å². The Morgan fingerprint density at radius 3 is 2.84 bits per heavy atom. The summed E-state index contributed by atoms with van der Waals surface area (Å²) < 4.78 is 39.5. The number of hydrogen-bond acceptors (Lipinski definition) is 8. The first kappa shape index (κ1) is 21.1. The molecule has 1 amide bonds. The molecule has 1 saturated heterocycles. The van der Waals surface area contributed by atoms with E-state index in [0.717, 1.165) is 4.90 Å². The molecule has 2 atom stereocenters. The molecular formula is C20H18F2N6O4. The van der Waals surface area contributed by atoms with Crippen LogP contribution in [0.25, 0.3) is 11.4 Å². The van der Waals surface area contributed by atoms with Crippen LogP contribution >= 0.6 is 0 Å². The van der Waals surface area contributed by atoms with Gasteiger partial charge in [0.05, 0.1) is 12.1 Å². The maximum absolute atomic E-state index is 13.6. The van der Waals surface area contributed by atoms with Gasteiger partial charge in [-0.25, -0.2) is 18.6 Å². The van der Waals surface area contributed by atoms with Crippen LogP contribution in [0.2, 0.25) is 0 Å². The highest BCUT2D eigenvalue weighted by Crippen LogP contribution is 2.39. The van der Waals surface area contributed by atoms with Crippen molar-refractivity contribution in [2.45, 2.75) is 32.0 Å². The molecule has 0 aliphatic carbocycles. The molecule has 12 heteroatoms. The standard InChI is InChI=1S/C20H18F2N6O4/c1-10(18(24)30)25-11-2-3-12-15(6-11)31-5-4-27-13(7-23)20(26-19(12)27)28-14(17(21)22)9-32-16(28)8-29/h2-3,6,10,14,17,25H,4-5,9H2,1H3,(H2,24,30)/t10?,14-/m0/s1. The lowest BCUT2D eigenvalue weighted by molar-refractivity contribution is -0.118. The number of nitriles is 1. The van der Waals surface area contributed by atoms with E-state index in [1.807, 2.05) is 6.07 Å². The number of carbonyl (C=O) groups excluding carboxylic acids is 2. The molecule has 1 unspecified atom stereocenters. The Balaban J connectivity index is 1.81. The third kappa shape index (κ3) is 3.48. The normalized spacial score (nSPS) is 17.9. The minimum absolute atomic E-state index is 0.00935. The van der Waals surface area contributed by atoms with Crippen molar-refractivity contribution in [3.05, 3.63) is 29.8 Å². The number of anilines is 2. The Morgan fingerprint density at radius 2 is 2.19 bits per heavy atom. The molecule has 2 aromatic rings. The summed E-state index contributed by atoms with van der Waals surface area (Å²) >= 11 is 0. The Labute approximate surface area is 180 Å². The highest BCUT2D eigenvalue weighted by molar-refractivity contribution is 5.83. The van der Waals surface area contributed by atoms with E-state index in [1.54, 1.807) is 29.7 Å². The van der Waals surface area contributed by atoms with E-state index in [1.165, 1.54) is 5.94 Å². The van der Waals surface area contributed by atoms with Crippen LogP contribution in [0.1, 0.15) is 12.6 Å². The average molecular weight is 444 g/mol. The molecule has 0 radical (unpaired) electrons. The fourth-order valence-corrected chi connectivity index (χ4v) is 3.60. The Hall–Kier alpha value is -4.10. The van der Waals surface area contributed by atoms with E-state index in [4.69, 9.17) is 15.2 Å². The molecule has 166 valence electrons. The SMILES string of the molecule is CC(Nc1ccc2c(c1)OCCn1c-2nc(N2C(=C=O)OC[C@H]2C(F)F)c1C#N)C(N)=O. The van der Waals surface area contributed by atoms with E-state index < -0.39 is 36.9 Å². The molecule has 3 heterocycles. The smallest absolute Gasteiger partial charge is 0.284 e. The van der Waals surface area contributed by atoms with Gasteiger partial charge < -0.3 is 25.1 Å². The minimum Gasteiger partial charge on any atom is -0.491 e. The number of halogens is 2. The van der Waals surface area contributed by atoms with E-state index >= 15 is 0 Å². The fourth-order valence-electron chi connectivity index (χ4n) is 3.60. The predicted molar refractivity (Wildman–Crippen MR) is 108 cm³/mol. The lowest BCUT2D eigenvalue weighted by atomic mass is 10.1. The summed E-state index contributed by atoms with van der Waals surface area (Å²) in [5, 5.41) is 12.7. The second-order valence-corrected chi connectivity index (χ2v) is 7.19. The summed E-state index contributed by atoms with van der Waals surface area (Å²) in [5.41, 5.74) is 6.36. The molecule has 1 aromatic carbocycles. The molecule has 10 nitrogen and oxygen atoms in total. The number of nitrogens with two attached hydrogens (primary N) is 1. The predicted octanol–water partition coefficient (Wildman–Crippen LogP) is 1.24. The van der Waals surface area contributed by atoms with Crippen LogP contribution in [-0.2, 0) is 20.9 Å². The van der Waals surface area contributed by atoms with Crippen LogP contribution in [0, 0.1) is 11.3 Å². The van der Waals surface area contributed by atoms with Gasteiger partial charge in [-0.1, -0.05) is 0 Å². The number of alkyl halides is 2. The van der Waals surface area contributed by atoms with Crippen molar-refractivity contribution in [1.29, 1.82) is 5.26 Å². The zero-order valence-electron chi connectivity index (χ0n) is 16.8. The summed E-state index contributed by atoms with van der Waals surface area (Å²) in [7, 11) is 0. The van der Waals surface area contributed by atoms with Crippen LogP contribution in [-0.4, -0.2) is 53.1 Å². The highest BCUT2D eigenvalue weighted by Gasteiger charge is 2.42. The number of nitrogens with zero attached hydrogens (tertiary/aromatic N) is 4. The third-order valence-electron chi connectivity index (χ3n) is 5.21. The number of imidazole rings is 1. The largest absolute Gasteiger partial charge is 0.491 e. The molecule has 1 fully saturated rings. The molecule has 2 aliphatic heterocycles. The topological polar surface area (TPSA) is 136 Å². The summed E-state index contributed by atoms with van der Waals surface area (Å²) in [5.74, 6) is 1.14. The van der Waals surface area contributed by atoms with Gasteiger partial charge in [-0.2, -0.15) is 5.26 Å². The first-order valence-corrected chi connectivity index (χ1v) is 9.64. The third-order valence-corrected chi connectivity index (χ3v) is 5.21. The molecule has 0 saturated carbocycles. The molecule has 1 aromatic heterocycles. The number of hydrogen-bond donors (Lipinski definition) is 2. The van der Waals surface area contributed by atoms with Gasteiger partial charge in [0.1, 0.15) is 42.9 Å². The zero-order valence-corrected chi connectivity index (χ0v) is 16.8. The van der Waals surface area contributed by atoms with Crippen molar-refractivity contribution < 1.29 is 27.8 Å². The van der Waals surface area contributed by atoms with Gasteiger partial charge in [0.2, 0.25) is 5.91 Å². The summed E-state index contributed by atoms with van der Waals surface area (Å²) in [6, 6.07) is 4.89. The number of nitrogens with one attached hydrogen (secondary N) is 1. The molecule has 0 bridgehead atoms. The van der Waals surface area contributed by atoms with E-state index in [-0.39, 0.29) is 24.7 Å². The van der Waals surface area contributed by atoms with Crippen LogP contribution in [0.15, 0.2) is 24.1 Å². The second-order valence-electron chi connectivity index (χ2n) is 7.19. The number of rotatable bonds is 5. The van der Waals surface area contributed by atoms with E-state index in [9.17, 15) is 23.6 Å². The number of benzene rings is 1. The van der Waals surface area contributed by atoms with Gasteiger partial charge in [0.15, 0.2) is 17.5 Å². The van der Waals surface area contributed by atoms with Gasteiger partial charge >= 0.3 is 0 Å². The lowest BCUT2D eigenvalue weighted by Crippen LogP contribution is -2.36. The van der Waals surface area contributed by atoms with Crippen LogP contribution in [0.4, 0.5) is 20.3 Å². The first-order chi connectivity index (χ1) is 15.3. The van der Waals surface area contributed by atoms with Crippen molar-refractivity contribution in [3.63, 3.8) is 0 Å². The number of ether oxygens (including phenoxy) is 2. The molecular weight excluding hydrogens is 426 g/mol.